The second kappa shape index (κ2) is 3.37. The third-order valence-corrected chi connectivity index (χ3v) is 3.26. The second-order valence-corrected chi connectivity index (χ2v) is 4.30. The lowest BCUT2D eigenvalue weighted by atomic mass is 9.98. The molecule has 0 amide bonds. The molecule has 3 nitrogen and oxygen atoms in total. The molecule has 0 radical (unpaired) electrons. The normalized spacial score (nSPS) is 19.1. The van der Waals surface area contributed by atoms with Crippen LogP contribution in [-0.2, 0) is 0 Å². The van der Waals surface area contributed by atoms with Crippen LogP contribution >= 0.6 is 0 Å². The summed E-state index contributed by atoms with van der Waals surface area (Å²) in [4.78, 5) is 4.40. The fourth-order valence-corrected chi connectivity index (χ4v) is 2.33. The first kappa shape index (κ1) is 9.46. The summed E-state index contributed by atoms with van der Waals surface area (Å²) >= 11 is 0. The van der Waals surface area contributed by atoms with Crippen LogP contribution in [0.25, 0.3) is 11.7 Å². The number of anilines is 1. The summed E-state index contributed by atoms with van der Waals surface area (Å²) in [6, 6.07) is 2.57. The number of rotatable bonds is 1. The summed E-state index contributed by atoms with van der Waals surface area (Å²) in [5.41, 5.74) is 4.80. The van der Waals surface area contributed by atoms with Crippen LogP contribution in [-0.4, -0.2) is 15.4 Å². The van der Waals surface area contributed by atoms with Gasteiger partial charge in [0.2, 0.25) is 0 Å². The average molecular weight is 213 g/mol. The van der Waals surface area contributed by atoms with Crippen LogP contribution in [0.15, 0.2) is 30.2 Å². The van der Waals surface area contributed by atoms with E-state index in [0.717, 1.165) is 17.8 Å². The molecule has 0 aromatic carbocycles. The summed E-state index contributed by atoms with van der Waals surface area (Å²) in [6.45, 7) is 4.38. The van der Waals surface area contributed by atoms with Crippen molar-refractivity contribution in [1.82, 2.24) is 9.38 Å². The Hall–Kier alpha value is -1.77. The van der Waals surface area contributed by atoms with Gasteiger partial charge in [-0.1, -0.05) is 18.6 Å². The predicted octanol–water partition coefficient (Wildman–Crippen LogP) is 2.94. The van der Waals surface area contributed by atoms with E-state index < -0.39 is 0 Å². The maximum atomic E-state index is 4.40. The van der Waals surface area contributed by atoms with Gasteiger partial charge in [0.15, 0.2) is 5.65 Å². The quantitative estimate of drug-likeness (QED) is 0.789. The highest BCUT2D eigenvalue weighted by molar-refractivity contribution is 5.83. The van der Waals surface area contributed by atoms with Gasteiger partial charge >= 0.3 is 0 Å². The first-order valence-corrected chi connectivity index (χ1v) is 5.70. The predicted molar refractivity (Wildman–Crippen MR) is 66.5 cm³/mol. The van der Waals surface area contributed by atoms with Crippen molar-refractivity contribution < 1.29 is 0 Å². The van der Waals surface area contributed by atoms with Crippen molar-refractivity contribution >= 4 is 17.4 Å². The Kier molecular flexibility index (Phi) is 1.99. The summed E-state index contributed by atoms with van der Waals surface area (Å²) in [5, 5.41) is 3.57. The lowest BCUT2D eigenvalue weighted by Crippen LogP contribution is -2.23. The third-order valence-electron chi connectivity index (χ3n) is 3.26. The topological polar surface area (TPSA) is 29.3 Å². The molecule has 3 heterocycles. The standard InChI is InChI=1S/C13H15N3/c1-3-11-9(2)8-10-4-6-16-7-5-14-13(16)12(10)15-11/h4-8,11,15H,3H2,1-2H3/t11-/m0/s1. The number of pyridine rings is 1. The highest BCUT2D eigenvalue weighted by atomic mass is 15.0. The van der Waals surface area contributed by atoms with Crippen LogP contribution in [0, 0.1) is 0 Å². The molecule has 1 atom stereocenters. The average Bonchev–Trinajstić information content (AvgIpc) is 2.76. The van der Waals surface area contributed by atoms with Gasteiger partial charge in [0.1, 0.15) is 0 Å². The minimum atomic E-state index is 0.440. The van der Waals surface area contributed by atoms with Gasteiger partial charge in [-0.05, 0) is 19.4 Å². The van der Waals surface area contributed by atoms with Gasteiger partial charge in [-0.3, -0.25) is 0 Å². The Morgan fingerprint density at radius 2 is 2.31 bits per heavy atom. The molecule has 0 spiro atoms. The first-order valence-electron chi connectivity index (χ1n) is 5.70. The molecule has 1 N–H and O–H groups in total. The Bertz CT molecular complexity index is 566. The van der Waals surface area contributed by atoms with Gasteiger partial charge in [-0.15, -0.1) is 0 Å². The molecule has 1 aliphatic heterocycles. The van der Waals surface area contributed by atoms with Gasteiger partial charge in [0.25, 0.3) is 0 Å². The Morgan fingerprint density at radius 1 is 1.44 bits per heavy atom. The zero-order valence-electron chi connectivity index (χ0n) is 9.57. The van der Waals surface area contributed by atoms with Crippen molar-refractivity contribution in [3.63, 3.8) is 0 Å². The van der Waals surface area contributed by atoms with Crippen LogP contribution in [0.2, 0.25) is 0 Å². The van der Waals surface area contributed by atoms with Gasteiger partial charge < -0.3 is 9.72 Å². The Morgan fingerprint density at radius 3 is 3.12 bits per heavy atom. The summed E-state index contributed by atoms with van der Waals surface area (Å²) in [5.74, 6) is 0. The van der Waals surface area contributed by atoms with E-state index in [2.05, 4.69) is 42.5 Å². The number of hydrogen-bond donors (Lipinski definition) is 1. The molecule has 0 aliphatic carbocycles. The van der Waals surface area contributed by atoms with Crippen molar-refractivity contribution in [2.75, 3.05) is 5.32 Å². The summed E-state index contributed by atoms with van der Waals surface area (Å²) < 4.78 is 2.05. The number of hydrogen-bond acceptors (Lipinski definition) is 2. The molecular formula is C13H15N3. The van der Waals surface area contributed by atoms with Crippen LogP contribution in [0.4, 0.5) is 5.69 Å². The van der Waals surface area contributed by atoms with Crippen molar-refractivity contribution in [2.45, 2.75) is 26.3 Å². The van der Waals surface area contributed by atoms with E-state index in [0.29, 0.717) is 6.04 Å². The van der Waals surface area contributed by atoms with Crippen LogP contribution < -0.4 is 5.32 Å². The fourth-order valence-electron chi connectivity index (χ4n) is 2.33. The van der Waals surface area contributed by atoms with Gasteiger partial charge in [0, 0.05) is 30.2 Å². The lowest BCUT2D eigenvalue weighted by molar-refractivity contribution is 0.786. The molecule has 0 unspecified atom stereocenters. The number of nitrogens with zero attached hydrogens (tertiary/aromatic N) is 2. The molecule has 3 rings (SSSR count). The molecule has 2 aromatic rings. The Balaban J connectivity index is 2.23. The molecule has 0 fully saturated rings. The van der Waals surface area contributed by atoms with E-state index in [1.54, 1.807) is 0 Å². The minimum absolute atomic E-state index is 0.440. The van der Waals surface area contributed by atoms with E-state index in [-0.39, 0.29) is 0 Å². The molecule has 0 saturated carbocycles. The Labute approximate surface area is 94.8 Å². The number of fused-ring (bicyclic) bond motifs is 3. The van der Waals surface area contributed by atoms with Crippen molar-refractivity contribution in [3.8, 4) is 0 Å². The summed E-state index contributed by atoms with van der Waals surface area (Å²) in [7, 11) is 0. The van der Waals surface area contributed by atoms with E-state index >= 15 is 0 Å². The smallest absolute Gasteiger partial charge is 0.160 e. The zero-order valence-corrected chi connectivity index (χ0v) is 9.57. The van der Waals surface area contributed by atoms with Crippen molar-refractivity contribution in [1.29, 1.82) is 0 Å². The second-order valence-electron chi connectivity index (χ2n) is 4.30. The minimum Gasteiger partial charge on any atom is -0.375 e. The van der Waals surface area contributed by atoms with Gasteiger partial charge in [0.05, 0.1) is 5.69 Å². The van der Waals surface area contributed by atoms with Crippen LogP contribution in [0.1, 0.15) is 25.8 Å². The molecule has 3 heteroatoms. The summed E-state index contributed by atoms with van der Waals surface area (Å²) in [6.07, 6.45) is 9.23. The van der Waals surface area contributed by atoms with E-state index in [1.165, 1.54) is 11.1 Å². The molecule has 16 heavy (non-hydrogen) atoms. The van der Waals surface area contributed by atoms with Crippen LogP contribution in [0.5, 0.6) is 0 Å². The number of aromatic nitrogens is 2. The van der Waals surface area contributed by atoms with Gasteiger partial charge in [-0.2, -0.15) is 0 Å². The van der Waals surface area contributed by atoms with E-state index in [4.69, 9.17) is 0 Å². The molecule has 82 valence electrons. The van der Waals surface area contributed by atoms with Crippen molar-refractivity contribution in [2.24, 2.45) is 0 Å². The van der Waals surface area contributed by atoms with Crippen LogP contribution in [0.3, 0.4) is 0 Å². The van der Waals surface area contributed by atoms with Gasteiger partial charge in [-0.25, -0.2) is 4.98 Å². The molecule has 2 aromatic heterocycles. The largest absolute Gasteiger partial charge is 0.375 e. The number of imidazole rings is 1. The monoisotopic (exact) mass is 213 g/mol. The maximum absolute atomic E-state index is 4.40. The maximum Gasteiger partial charge on any atom is 0.160 e. The molecule has 1 aliphatic rings. The third kappa shape index (κ3) is 1.24. The highest BCUT2D eigenvalue weighted by Gasteiger charge is 2.18. The lowest BCUT2D eigenvalue weighted by Gasteiger charge is -2.25. The van der Waals surface area contributed by atoms with Crippen molar-refractivity contribution in [3.05, 3.63) is 35.8 Å². The highest BCUT2D eigenvalue weighted by Crippen LogP contribution is 2.30. The molecule has 0 saturated heterocycles. The number of nitrogens with one attached hydrogen (secondary N) is 1. The molecule has 0 bridgehead atoms. The first-order chi connectivity index (χ1) is 7.79. The van der Waals surface area contributed by atoms with E-state index in [1.807, 2.05) is 16.8 Å². The zero-order chi connectivity index (χ0) is 11.1. The van der Waals surface area contributed by atoms with E-state index in [9.17, 15) is 0 Å². The molecular weight excluding hydrogens is 198 g/mol. The SMILES string of the molecule is CC[C@@H]1Nc2c(ccn3ccnc23)C=C1C. The fraction of sp³-hybridized carbons (Fsp3) is 0.308.